The number of carboxylic acids is 1. The Morgan fingerprint density at radius 1 is 0.548 bits per heavy atom. The van der Waals surface area contributed by atoms with E-state index in [-0.39, 0.29) is 99.3 Å². The van der Waals surface area contributed by atoms with Gasteiger partial charge < -0.3 is 143 Å². The second-order valence-electron chi connectivity index (χ2n) is 36.3. The molecule has 45 heteroatoms. The number of aliphatic hydroxyl groups excluding tert-OH is 10. The second-order valence-corrected chi connectivity index (χ2v) is 36.3. The van der Waals surface area contributed by atoms with Gasteiger partial charge in [0.2, 0.25) is 65.0 Å². The van der Waals surface area contributed by atoms with Crippen LogP contribution in [0.5, 0.6) is 0 Å². The topological polar surface area (TPSA) is 672 Å². The Morgan fingerprint density at radius 2 is 1.12 bits per heavy atom. The van der Waals surface area contributed by atoms with E-state index in [9.17, 15) is 128 Å². The maximum absolute atomic E-state index is 14.6. The van der Waals surface area contributed by atoms with Crippen molar-refractivity contribution in [1.29, 1.82) is 0 Å². The van der Waals surface area contributed by atoms with Gasteiger partial charge in [0.25, 0.3) is 0 Å². The Labute approximate surface area is 789 Å². The molecule has 770 valence electrons. The van der Waals surface area contributed by atoms with Crippen molar-refractivity contribution in [2.24, 2.45) is 35.0 Å². The standard InChI is InChI=1S/C90H153N13O32/c1-17-52(6)75(102(14)86(126)73(50(2)3)100-85(125)74(51(4)5)101(12)13)67(131-15)43-72(116)103-38-21-25-62(103)80(132-16)53(7)81(121)99-61(41-55-23-19-18-20-24-55)84(124)92-35-22-39-134-88(129)54(8)96-70(114)31-29-60(87(127)128)97-71(115)33-37-93-89(130)135-48-56(42-58(107)44-94-68(112)32-36-91-69(113)34-40-133-49-90(9,10)11)82(122)98-59(83(123)95-45-64(109)77(118)79(120)66(111)47-105)28-26-57(106)27-30-63(108)76(117)78(119)65(110)46-104/h18-20,23-24,50-54,56,59-67,73-80,104-105,108-111,117-120H,17,21-22,25-49H2,1-16H3,(H,91,113)(H,92,124)(H,93,130)(H,94,112)(H,95,123)(H,96,114)(H,97,115)(H,98,122)(H,99,121)(H,100,125)(H,127,128)/t52-,53+,54-,56-,59-,60-,61-,62-,63-,64-,65+,66+,67+,73-,74-,75-,76+,77+,78+,79+,80+/m0/s1. The van der Waals surface area contributed by atoms with Crippen molar-refractivity contribution in [1.82, 2.24) is 67.9 Å². The Bertz CT molecular complexity index is 3870. The molecule has 0 bridgehead atoms. The van der Waals surface area contributed by atoms with E-state index >= 15 is 0 Å². The fraction of sp³-hybridized carbons (Fsp3) is 0.756. The van der Waals surface area contributed by atoms with Gasteiger partial charge in [0, 0.05) is 105 Å². The lowest BCUT2D eigenvalue weighted by Crippen LogP contribution is -2.59. The number of Topliss-reactive ketones (excluding diaryl/α,β-unsaturated/α-hetero) is 2. The highest BCUT2D eigenvalue weighted by Crippen LogP contribution is 2.31. The first kappa shape index (κ1) is 121. The van der Waals surface area contributed by atoms with Crippen LogP contribution >= 0.6 is 0 Å². The van der Waals surface area contributed by atoms with Crippen molar-refractivity contribution in [3.05, 3.63) is 35.9 Å². The third-order valence-electron chi connectivity index (χ3n) is 23.0. The Morgan fingerprint density at radius 3 is 1.70 bits per heavy atom. The molecule has 0 aliphatic carbocycles. The van der Waals surface area contributed by atoms with Gasteiger partial charge in [-0.1, -0.05) is 106 Å². The smallest absolute Gasteiger partial charge is 0.407 e. The first-order valence-electron chi connectivity index (χ1n) is 45.9. The number of nitrogens with one attached hydrogen (secondary N) is 10. The summed E-state index contributed by atoms with van der Waals surface area (Å²) in [6.07, 6.45) is -22.7. The number of carbonyl (C=O) groups excluding carboxylic acids is 15. The zero-order valence-corrected chi connectivity index (χ0v) is 80.8. The molecule has 1 saturated heterocycles. The molecule has 45 nitrogen and oxygen atoms in total. The van der Waals surface area contributed by atoms with Gasteiger partial charge in [-0.15, -0.1) is 0 Å². The van der Waals surface area contributed by atoms with Crippen LogP contribution in [-0.4, -0.2) is 389 Å². The molecule has 0 radical (unpaired) electrons. The number of amides is 12. The predicted molar refractivity (Wildman–Crippen MR) is 486 cm³/mol. The number of alkyl carbamates (subject to hydrolysis) is 1. The van der Waals surface area contributed by atoms with Gasteiger partial charge in [0.15, 0.2) is 5.78 Å². The van der Waals surface area contributed by atoms with Crippen LogP contribution in [0.15, 0.2) is 30.3 Å². The molecule has 2 rings (SSSR count). The van der Waals surface area contributed by atoms with E-state index in [0.717, 1.165) is 0 Å². The number of hydrogen-bond acceptors (Lipinski definition) is 32. The number of rotatable bonds is 67. The van der Waals surface area contributed by atoms with Crippen LogP contribution in [0.1, 0.15) is 178 Å². The number of aliphatic carboxylic acids is 1. The summed E-state index contributed by atoms with van der Waals surface area (Å²) in [5.74, 6) is -14.7. The summed E-state index contributed by atoms with van der Waals surface area (Å²) >= 11 is 0. The van der Waals surface area contributed by atoms with E-state index in [1.807, 2.05) is 67.2 Å². The number of aliphatic hydroxyl groups is 10. The van der Waals surface area contributed by atoms with Crippen LogP contribution in [0, 0.1) is 35.0 Å². The van der Waals surface area contributed by atoms with Gasteiger partial charge in [-0.2, -0.15) is 0 Å². The van der Waals surface area contributed by atoms with Gasteiger partial charge in [0.05, 0.1) is 100 Å². The molecule has 1 heterocycles. The average Bonchev–Trinajstić information content (AvgIpc) is 1.77. The summed E-state index contributed by atoms with van der Waals surface area (Å²) in [4.78, 5) is 221. The Kier molecular flexibility index (Phi) is 56.7. The molecule has 1 aromatic rings. The molecule has 0 aromatic heterocycles. The van der Waals surface area contributed by atoms with Crippen LogP contribution in [-0.2, 0) is 102 Å². The fourth-order valence-electron chi connectivity index (χ4n) is 15.0. The number of ether oxygens (including phenoxy) is 5. The lowest BCUT2D eigenvalue weighted by atomic mass is 9.89. The van der Waals surface area contributed by atoms with E-state index in [1.165, 1.54) is 21.1 Å². The van der Waals surface area contributed by atoms with Crippen LogP contribution in [0.2, 0.25) is 0 Å². The number of carbonyl (C=O) groups is 16. The van der Waals surface area contributed by atoms with Crippen molar-refractivity contribution >= 4 is 94.6 Å². The molecule has 1 aromatic carbocycles. The van der Waals surface area contributed by atoms with E-state index < -0.39 is 289 Å². The molecule has 0 spiro atoms. The van der Waals surface area contributed by atoms with Crippen molar-refractivity contribution in [3.63, 3.8) is 0 Å². The highest BCUT2D eigenvalue weighted by atomic mass is 16.6. The van der Waals surface area contributed by atoms with Crippen LogP contribution in [0.3, 0.4) is 0 Å². The Hall–Kier alpha value is -9.62. The number of nitrogens with zero attached hydrogens (tertiary/aromatic N) is 3. The number of likely N-dealkylation sites (tertiary alicyclic amines) is 1. The highest BCUT2D eigenvalue weighted by Gasteiger charge is 2.45. The average molecular weight is 1930 g/mol. The minimum absolute atomic E-state index is 0.0155. The fourth-order valence-corrected chi connectivity index (χ4v) is 15.0. The summed E-state index contributed by atoms with van der Waals surface area (Å²) in [6, 6.07) is 0.401. The maximum atomic E-state index is 14.6. The predicted octanol–water partition coefficient (Wildman–Crippen LogP) is -4.37. The first-order valence-corrected chi connectivity index (χ1v) is 45.9. The number of benzene rings is 1. The van der Waals surface area contributed by atoms with Crippen LogP contribution < -0.4 is 53.2 Å². The normalized spacial score (nSPS) is 17.3. The lowest BCUT2D eigenvalue weighted by molar-refractivity contribution is -0.148. The van der Waals surface area contributed by atoms with Gasteiger partial charge in [-0.25, -0.2) is 14.4 Å². The maximum Gasteiger partial charge on any atom is 0.407 e. The Balaban J connectivity index is 2.17. The molecule has 21 N–H and O–H groups in total. The number of esters is 1. The molecule has 1 fully saturated rings. The molecule has 12 amide bonds. The molecule has 0 unspecified atom stereocenters. The summed E-state index contributed by atoms with van der Waals surface area (Å²) in [5.41, 5.74) is 0.555. The van der Waals surface area contributed by atoms with Crippen LogP contribution in [0.25, 0.3) is 0 Å². The number of carboxylic acid groups (broad SMARTS) is 1. The van der Waals surface area contributed by atoms with Crippen molar-refractivity contribution < 1.29 is 157 Å². The van der Waals surface area contributed by atoms with Crippen molar-refractivity contribution in [2.45, 2.75) is 288 Å². The molecule has 1 aliphatic heterocycles. The first-order chi connectivity index (χ1) is 63.4. The van der Waals surface area contributed by atoms with Gasteiger partial charge in [-0.05, 0) is 88.3 Å². The van der Waals surface area contributed by atoms with Gasteiger partial charge in [0.1, 0.15) is 79.2 Å². The molecular formula is C90H153N13O32. The molecular weight excluding hydrogens is 1780 g/mol. The summed E-state index contributed by atoms with van der Waals surface area (Å²) in [6.45, 7) is 15.3. The number of methoxy groups -OCH3 is 2. The van der Waals surface area contributed by atoms with E-state index in [1.54, 1.807) is 68.2 Å². The monoisotopic (exact) mass is 1930 g/mol. The van der Waals surface area contributed by atoms with E-state index in [0.29, 0.717) is 38.0 Å². The van der Waals surface area contributed by atoms with E-state index in [4.69, 9.17) is 28.8 Å². The summed E-state index contributed by atoms with van der Waals surface area (Å²) in [5, 5.41) is 134. The molecule has 21 atom stereocenters. The number of likely N-dealkylation sites (N-methyl/N-ethyl adjacent to an activating group) is 2. The van der Waals surface area contributed by atoms with Crippen molar-refractivity contribution in [2.75, 3.05) is 114 Å². The number of ketones is 2. The van der Waals surface area contributed by atoms with E-state index in [2.05, 4.69) is 53.2 Å². The third-order valence-corrected chi connectivity index (χ3v) is 23.0. The quantitative estimate of drug-likeness (QED) is 0.0216. The summed E-state index contributed by atoms with van der Waals surface area (Å²) < 4.78 is 28.2. The SMILES string of the molecule is CC[C@H](C)[C@@H]([C@@H](CC(=O)N1CCC[C@H]1[C@H](OC)[C@@H](C)C(=O)N[C@@H](Cc1ccccc1)C(=O)NCCCOC(=O)[C@H](C)NC(=O)CC[C@H](NC(=O)CCNC(=O)OC[C@H](CC(=O)CNC(=O)CCNC(=O)CCOCC(C)(C)C)C(=O)N[C@@H](CCC(=O)CC[C@H](O)[C@@H](O)[C@H](O)[C@H](O)CO)C(=O)NC[C@H](O)[C@@H](O)[C@H](O)[C@H](O)CO)C(=O)O)OC)N(C)C(=O)[C@@H](NC(=O)[C@H](C(C)C)N(C)C)C(C)C. The summed E-state index contributed by atoms with van der Waals surface area (Å²) in [7, 11) is 8.20. The largest absolute Gasteiger partial charge is 0.480 e. The van der Waals surface area contributed by atoms with Gasteiger partial charge >= 0.3 is 18.0 Å². The molecule has 1 aliphatic rings. The van der Waals surface area contributed by atoms with Crippen molar-refractivity contribution in [3.8, 4) is 0 Å². The van der Waals surface area contributed by atoms with Gasteiger partial charge in [-0.3, -0.25) is 67.2 Å². The highest BCUT2D eigenvalue weighted by molar-refractivity contribution is 5.94. The molecule has 135 heavy (non-hydrogen) atoms. The minimum Gasteiger partial charge on any atom is -0.480 e. The zero-order valence-electron chi connectivity index (χ0n) is 80.8. The number of hydrogen-bond donors (Lipinski definition) is 21. The minimum atomic E-state index is -2.19. The van der Waals surface area contributed by atoms with Crippen LogP contribution in [0.4, 0.5) is 4.79 Å². The zero-order chi connectivity index (χ0) is 102. The lowest BCUT2D eigenvalue weighted by Gasteiger charge is -2.41. The molecule has 0 saturated carbocycles. The third kappa shape index (κ3) is 44.6. The second kappa shape index (κ2) is 63.0.